The van der Waals surface area contributed by atoms with Gasteiger partial charge in [0.25, 0.3) is 0 Å². The third-order valence-corrected chi connectivity index (χ3v) is 3.09. The Balaban J connectivity index is 2.32. The molecule has 1 atom stereocenters. The van der Waals surface area contributed by atoms with Crippen LogP contribution in [0.4, 0.5) is 14.5 Å². The van der Waals surface area contributed by atoms with Crippen LogP contribution < -0.4 is 5.73 Å². The maximum absolute atomic E-state index is 13.2. The fourth-order valence-electron chi connectivity index (χ4n) is 2.09. The molecule has 92 valence electrons. The van der Waals surface area contributed by atoms with Crippen molar-refractivity contribution >= 4 is 11.7 Å². The molecule has 1 unspecified atom stereocenters. The number of rotatable bonds is 4. The molecule has 1 saturated carbocycles. The third kappa shape index (κ3) is 2.54. The van der Waals surface area contributed by atoms with Crippen LogP contribution in [0.1, 0.15) is 30.7 Å². The molecule has 1 aliphatic carbocycles. The predicted molar refractivity (Wildman–Crippen MR) is 58.5 cm³/mol. The molecule has 1 aromatic rings. The molecule has 0 spiro atoms. The van der Waals surface area contributed by atoms with E-state index in [1.807, 2.05) is 0 Å². The Hall–Kier alpha value is -1.65. The molecule has 5 heteroatoms. The molecular weight excluding hydrogens is 228 g/mol. The third-order valence-electron chi connectivity index (χ3n) is 3.09. The van der Waals surface area contributed by atoms with Gasteiger partial charge in [-0.1, -0.05) is 0 Å². The van der Waals surface area contributed by atoms with Crippen molar-refractivity contribution in [2.24, 2.45) is 5.92 Å². The van der Waals surface area contributed by atoms with E-state index in [0.717, 1.165) is 18.9 Å². The highest BCUT2D eigenvalue weighted by Crippen LogP contribution is 2.45. The van der Waals surface area contributed by atoms with E-state index in [9.17, 15) is 13.6 Å². The summed E-state index contributed by atoms with van der Waals surface area (Å²) in [7, 11) is 0. The number of aliphatic carboxylic acids is 1. The fourth-order valence-corrected chi connectivity index (χ4v) is 2.09. The van der Waals surface area contributed by atoms with Gasteiger partial charge in [0, 0.05) is 0 Å². The Morgan fingerprint density at radius 1 is 1.47 bits per heavy atom. The Bertz CT molecular complexity index is 435. The van der Waals surface area contributed by atoms with E-state index in [0.29, 0.717) is 5.56 Å². The second-order valence-corrected chi connectivity index (χ2v) is 4.45. The number of carbonyl (C=O) groups is 1. The zero-order valence-corrected chi connectivity index (χ0v) is 9.12. The van der Waals surface area contributed by atoms with E-state index in [1.54, 1.807) is 0 Å². The summed E-state index contributed by atoms with van der Waals surface area (Å²) in [6, 6.07) is 2.39. The van der Waals surface area contributed by atoms with Crippen LogP contribution in [-0.2, 0) is 4.79 Å². The Kier molecular flexibility index (Phi) is 3.00. The lowest BCUT2D eigenvalue weighted by molar-refractivity contribution is -0.137. The van der Waals surface area contributed by atoms with E-state index in [2.05, 4.69) is 0 Å². The molecule has 1 aliphatic rings. The van der Waals surface area contributed by atoms with Gasteiger partial charge in [-0.25, -0.2) is 8.78 Å². The second-order valence-electron chi connectivity index (χ2n) is 4.45. The van der Waals surface area contributed by atoms with E-state index < -0.39 is 17.6 Å². The second kappa shape index (κ2) is 4.31. The minimum atomic E-state index is -1.07. The number of nitrogen functional groups attached to an aromatic ring is 1. The highest BCUT2D eigenvalue weighted by atomic mass is 19.2. The summed E-state index contributed by atoms with van der Waals surface area (Å²) in [5.74, 6) is -3.06. The van der Waals surface area contributed by atoms with Gasteiger partial charge in [-0.2, -0.15) is 0 Å². The molecule has 1 fully saturated rings. The van der Waals surface area contributed by atoms with Gasteiger partial charge in [0.2, 0.25) is 0 Å². The van der Waals surface area contributed by atoms with Crippen LogP contribution >= 0.6 is 0 Å². The van der Waals surface area contributed by atoms with E-state index in [1.165, 1.54) is 6.07 Å². The normalized spacial score (nSPS) is 16.8. The SMILES string of the molecule is Nc1cc(C(CC(=O)O)C2CC2)cc(F)c1F. The van der Waals surface area contributed by atoms with E-state index in [-0.39, 0.29) is 23.9 Å². The molecule has 1 aromatic carbocycles. The molecule has 0 bridgehead atoms. The summed E-state index contributed by atoms with van der Waals surface area (Å²) in [6.07, 6.45) is 1.78. The minimum absolute atomic E-state index is 0.0742. The average Bonchev–Trinajstić information content (AvgIpc) is 3.05. The number of carboxylic acids is 1. The zero-order valence-electron chi connectivity index (χ0n) is 9.12. The molecule has 0 saturated heterocycles. The number of hydrogen-bond acceptors (Lipinski definition) is 2. The smallest absolute Gasteiger partial charge is 0.303 e. The number of halogens is 2. The van der Waals surface area contributed by atoms with Crippen molar-refractivity contribution < 1.29 is 18.7 Å². The Morgan fingerprint density at radius 2 is 2.12 bits per heavy atom. The molecule has 3 nitrogen and oxygen atoms in total. The van der Waals surface area contributed by atoms with Gasteiger partial charge in [-0.05, 0) is 42.4 Å². The number of nitrogens with two attached hydrogens (primary N) is 1. The molecule has 0 aromatic heterocycles. The summed E-state index contributed by atoms with van der Waals surface area (Å²) in [5, 5.41) is 8.82. The average molecular weight is 241 g/mol. The van der Waals surface area contributed by atoms with E-state index >= 15 is 0 Å². The lowest BCUT2D eigenvalue weighted by Crippen LogP contribution is -2.10. The fraction of sp³-hybridized carbons (Fsp3) is 0.417. The van der Waals surface area contributed by atoms with Crippen LogP contribution in [0.5, 0.6) is 0 Å². The van der Waals surface area contributed by atoms with E-state index in [4.69, 9.17) is 10.8 Å². The largest absolute Gasteiger partial charge is 0.481 e. The summed E-state index contributed by atoms with van der Waals surface area (Å²) < 4.78 is 26.3. The molecule has 17 heavy (non-hydrogen) atoms. The van der Waals surface area contributed by atoms with Crippen LogP contribution in [0.2, 0.25) is 0 Å². The van der Waals surface area contributed by atoms with Gasteiger partial charge in [0.15, 0.2) is 11.6 Å². The quantitative estimate of drug-likeness (QED) is 0.796. The number of hydrogen-bond donors (Lipinski definition) is 2. The van der Waals surface area contributed by atoms with Crippen molar-refractivity contribution in [1.29, 1.82) is 0 Å². The summed E-state index contributed by atoms with van der Waals surface area (Å²) in [6.45, 7) is 0. The number of benzene rings is 1. The van der Waals surface area contributed by atoms with Crippen molar-refractivity contribution in [2.45, 2.75) is 25.2 Å². The van der Waals surface area contributed by atoms with Crippen molar-refractivity contribution in [3.8, 4) is 0 Å². The highest BCUT2D eigenvalue weighted by Gasteiger charge is 2.34. The Labute approximate surface area is 97.2 Å². The lowest BCUT2D eigenvalue weighted by atomic mass is 9.90. The molecule has 2 rings (SSSR count). The van der Waals surface area contributed by atoms with Crippen molar-refractivity contribution in [3.05, 3.63) is 29.3 Å². The van der Waals surface area contributed by atoms with Gasteiger partial charge >= 0.3 is 5.97 Å². The van der Waals surface area contributed by atoms with Crippen LogP contribution in [0.15, 0.2) is 12.1 Å². The van der Waals surface area contributed by atoms with Crippen molar-refractivity contribution in [2.75, 3.05) is 5.73 Å². The van der Waals surface area contributed by atoms with Gasteiger partial charge in [-0.15, -0.1) is 0 Å². The molecule has 3 N–H and O–H groups in total. The van der Waals surface area contributed by atoms with Crippen LogP contribution in [0.25, 0.3) is 0 Å². The predicted octanol–water partition coefficient (Wildman–Crippen LogP) is 2.52. The number of anilines is 1. The van der Waals surface area contributed by atoms with Crippen molar-refractivity contribution in [1.82, 2.24) is 0 Å². The molecule has 0 amide bonds. The van der Waals surface area contributed by atoms with Crippen LogP contribution in [0.3, 0.4) is 0 Å². The van der Waals surface area contributed by atoms with Gasteiger partial charge in [0.1, 0.15) is 0 Å². The van der Waals surface area contributed by atoms with Crippen LogP contribution in [0, 0.1) is 17.6 Å². The van der Waals surface area contributed by atoms with Gasteiger partial charge < -0.3 is 10.8 Å². The minimum Gasteiger partial charge on any atom is -0.481 e. The molecular formula is C12H13F2NO2. The maximum Gasteiger partial charge on any atom is 0.303 e. The lowest BCUT2D eigenvalue weighted by Gasteiger charge is -2.15. The monoisotopic (exact) mass is 241 g/mol. The molecule has 0 heterocycles. The zero-order chi connectivity index (χ0) is 12.6. The summed E-state index contributed by atoms with van der Waals surface area (Å²) in [5.41, 5.74) is 5.56. The first-order chi connectivity index (χ1) is 7.99. The Morgan fingerprint density at radius 3 is 2.59 bits per heavy atom. The van der Waals surface area contributed by atoms with Gasteiger partial charge in [-0.3, -0.25) is 4.79 Å². The summed E-state index contributed by atoms with van der Waals surface area (Å²) in [4.78, 5) is 10.8. The number of carboxylic acid groups (broad SMARTS) is 1. The van der Waals surface area contributed by atoms with Gasteiger partial charge in [0.05, 0.1) is 12.1 Å². The standard InChI is InChI=1S/C12H13F2NO2/c13-9-3-7(4-10(15)12(9)14)8(5-11(16)17)6-1-2-6/h3-4,6,8H,1-2,5,15H2,(H,16,17). The van der Waals surface area contributed by atoms with Crippen LogP contribution in [-0.4, -0.2) is 11.1 Å². The molecule has 0 aliphatic heterocycles. The maximum atomic E-state index is 13.2. The first kappa shape index (κ1) is 11.8. The first-order valence-corrected chi connectivity index (χ1v) is 5.45. The summed E-state index contributed by atoms with van der Waals surface area (Å²) >= 11 is 0. The topological polar surface area (TPSA) is 63.3 Å². The first-order valence-electron chi connectivity index (χ1n) is 5.45. The highest BCUT2D eigenvalue weighted by molar-refractivity contribution is 5.68. The van der Waals surface area contributed by atoms with Crippen molar-refractivity contribution in [3.63, 3.8) is 0 Å². The molecule has 0 radical (unpaired) electrons.